The molecule has 1 fully saturated rings. The van der Waals surface area contributed by atoms with E-state index in [0.29, 0.717) is 5.41 Å². The number of aromatic nitrogens is 2. The molecule has 0 spiro atoms. The van der Waals surface area contributed by atoms with Crippen LogP contribution < -0.4 is 15.0 Å². The molecular formula is C16H28N4O. The zero-order chi connectivity index (χ0) is 15.3. The Labute approximate surface area is 128 Å². The third-order valence-corrected chi connectivity index (χ3v) is 4.17. The third-order valence-electron chi connectivity index (χ3n) is 4.17. The zero-order valence-corrected chi connectivity index (χ0v) is 13.8. The maximum atomic E-state index is 5.59. The number of rotatable bonds is 5. The van der Waals surface area contributed by atoms with Crippen molar-refractivity contribution >= 4 is 11.6 Å². The minimum absolute atomic E-state index is 0.415. The van der Waals surface area contributed by atoms with E-state index in [4.69, 9.17) is 4.74 Å². The van der Waals surface area contributed by atoms with E-state index in [0.717, 1.165) is 43.4 Å². The molecule has 1 aromatic rings. The van der Waals surface area contributed by atoms with Crippen molar-refractivity contribution in [3.8, 4) is 5.75 Å². The molecule has 1 N–H and O–H groups in total. The first-order valence-corrected chi connectivity index (χ1v) is 7.95. The first-order chi connectivity index (χ1) is 10.1. The van der Waals surface area contributed by atoms with Crippen LogP contribution in [0.1, 0.15) is 46.5 Å². The Balaban J connectivity index is 2.22. The molecule has 1 aliphatic heterocycles. The second kappa shape index (κ2) is 6.96. The van der Waals surface area contributed by atoms with Gasteiger partial charge in [0, 0.05) is 19.6 Å². The predicted octanol–water partition coefficient (Wildman–Crippen LogP) is 3.32. The Kier molecular flexibility index (Phi) is 5.26. The van der Waals surface area contributed by atoms with Crippen molar-refractivity contribution < 1.29 is 4.74 Å². The Morgan fingerprint density at radius 3 is 2.81 bits per heavy atom. The van der Waals surface area contributed by atoms with E-state index in [-0.39, 0.29) is 0 Å². The van der Waals surface area contributed by atoms with E-state index in [1.807, 2.05) is 0 Å². The first kappa shape index (κ1) is 15.9. The van der Waals surface area contributed by atoms with Crippen LogP contribution in [-0.4, -0.2) is 36.7 Å². The fourth-order valence-corrected chi connectivity index (χ4v) is 2.78. The molecule has 0 atom stereocenters. The minimum atomic E-state index is 0.415. The number of nitrogens with zero attached hydrogens (tertiary/aromatic N) is 3. The number of hydrogen-bond donors (Lipinski definition) is 1. The van der Waals surface area contributed by atoms with Gasteiger partial charge in [-0.2, -0.15) is 0 Å². The minimum Gasteiger partial charge on any atom is -0.490 e. The van der Waals surface area contributed by atoms with E-state index in [1.54, 1.807) is 13.4 Å². The molecule has 0 bridgehead atoms. The van der Waals surface area contributed by atoms with E-state index >= 15 is 0 Å². The molecule has 0 saturated carbocycles. The Bertz CT molecular complexity index is 462. The van der Waals surface area contributed by atoms with Gasteiger partial charge in [0.25, 0.3) is 0 Å². The van der Waals surface area contributed by atoms with Crippen LogP contribution in [0.15, 0.2) is 6.33 Å². The molecule has 1 saturated heterocycles. The third kappa shape index (κ3) is 3.99. The highest BCUT2D eigenvalue weighted by atomic mass is 16.5. The highest BCUT2D eigenvalue weighted by molar-refractivity contribution is 5.64. The summed E-state index contributed by atoms with van der Waals surface area (Å²) in [5.41, 5.74) is 0.415. The second-order valence-corrected chi connectivity index (χ2v) is 6.51. The van der Waals surface area contributed by atoms with Gasteiger partial charge in [0.05, 0.1) is 7.11 Å². The van der Waals surface area contributed by atoms with E-state index in [1.165, 1.54) is 19.3 Å². The Morgan fingerprint density at radius 2 is 2.10 bits per heavy atom. The molecule has 0 aromatic carbocycles. The number of methoxy groups -OCH3 is 1. The smallest absolute Gasteiger partial charge is 0.204 e. The zero-order valence-electron chi connectivity index (χ0n) is 13.8. The van der Waals surface area contributed by atoms with Gasteiger partial charge in [-0.15, -0.1) is 0 Å². The van der Waals surface area contributed by atoms with Crippen LogP contribution in [0.5, 0.6) is 5.75 Å². The van der Waals surface area contributed by atoms with Gasteiger partial charge in [-0.25, -0.2) is 9.97 Å². The monoisotopic (exact) mass is 292 g/mol. The largest absolute Gasteiger partial charge is 0.490 e. The Hall–Kier alpha value is -1.52. The SMILES string of the molecule is CCCNc1ncnc(N2CCCC(C)(C)CC2)c1OC. The maximum absolute atomic E-state index is 5.59. The van der Waals surface area contributed by atoms with Gasteiger partial charge in [-0.05, 0) is 31.1 Å². The van der Waals surface area contributed by atoms with Gasteiger partial charge in [-0.1, -0.05) is 20.8 Å². The lowest BCUT2D eigenvalue weighted by molar-refractivity contribution is 0.325. The van der Waals surface area contributed by atoms with Crippen molar-refractivity contribution in [2.45, 2.75) is 46.5 Å². The maximum Gasteiger partial charge on any atom is 0.204 e. The molecule has 0 radical (unpaired) electrons. The van der Waals surface area contributed by atoms with Crippen LogP contribution in [-0.2, 0) is 0 Å². The van der Waals surface area contributed by atoms with Crippen LogP contribution in [0.3, 0.4) is 0 Å². The molecule has 1 aromatic heterocycles. The van der Waals surface area contributed by atoms with Crippen LogP contribution in [0.25, 0.3) is 0 Å². The van der Waals surface area contributed by atoms with Gasteiger partial charge >= 0.3 is 0 Å². The molecule has 21 heavy (non-hydrogen) atoms. The lowest BCUT2D eigenvalue weighted by Crippen LogP contribution is -2.27. The topological polar surface area (TPSA) is 50.3 Å². The highest BCUT2D eigenvalue weighted by Crippen LogP contribution is 2.36. The summed E-state index contributed by atoms with van der Waals surface area (Å²) in [6.45, 7) is 9.78. The molecule has 1 aliphatic rings. The fourth-order valence-electron chi connectivity index (χ4n) is 2.78. The normalized spacial score (nSPS) is 18.2. The average molecular weight is 292 g/mol. The van der Waals surface area contributed by atoms with Crippen molar-refractivity contribution in [2.75, 3.05) is 37.0 Å². The highest BCUT2D eigenvalue weighted by Gasteiger charge is 2.26. The molecule has 5 nitrogen and oxygen atoms in total. The van der Waals surface area contributed by atoms with Crippen molar-refractivity contribution in [1.29, 1.82) is 0 Å². The molecule has 5 heteroatoms. The number of anilines is 2. The van der Waals surface area contributed by atoms with E-state index in [2.05, 4.69) is 41.0 Å². The first-order valence-electron chi connectivity index (χ1n) is 7.95. The number of ether oxygens (including phenoxy) is 1. The van der Waals surface area contributed by atoms with Crippen molar-refractivity contribution in [3.63, 3.8) is 0 Å². The van der Waals surface area contributed by atoms with Crippen molar-refractivity contribution in [3.05, 3.63) is 6.33 Å². The van der Waals surface area contributed by atoms with E-state index < -0.39 is 0 Å². The van der Waals surface area contributed by atoms with Crippen LogP contribution in [0, 0.1) is 5.41 Å². The summed E-state index contributed by atoms with van der Waals surface area (Å²) in [5, 5.41) is 3.32. The van der Waals surface area contributed by atoms with Crippen molar-refractivity contribution in [1.82, 2.24) is 9.97 Å². The molecule has 0 unspecified atom stereocenters. The Morgan fingerprint density at radius 1 is 1.29 bits per heavy atom. The summed E-state index contributed by atoms with van der Waals surface area (Å²) in [6.07, 6.45) is 6.32. The van der Waals surface area contributed by atoms with Gasteiger partial charge in [-0.3, -0.25) is 0 Å². The summed E-state index contributed by atoms with van der Waals surface area (Å²) in [6, 6.07) is 0. The second-order valence-electron chi connectivity index (χ2n) is 6.51. The summed E-state index contributed by atoms with van der Waals surface area (Å²) in [4.78, 5) is 11.1. The summed E-state index contributed by atoms with van der Waals surface area (Å²) in [5.74, 6) is 2.49. The lowest BCUT2D eigenvalue weighted by Gasteiger charge is -2.25. The van der Waals surface area contributed by atoms with Gasteiger partial charge in [0.15, 0.2) is 11.6 Å². The van der Waals surface area contributed by atoms with Crippen molar-refractivity contribution in [2.24, 2.45) is 5.41 Å². The quantitative estimate of drug-likeness (QED) is 0.902. The molecule has 0 aliphatic carbocycles. The number of hydrogen-bond acceptors (Lipinski definition) is 5. The van der Waals surface area contributed by atoms with Crippen LogP contribution in [0.2, 0.25) is 0 Å². The summed E-state index contributed by atoms with van der Waals surface area (Å²) < 4.78 is 5.59. The molecule has 2 rings (SSSR count). The van der Waals surface area contributed by atoms with Crippen LogP contribution >= 0.6 is 0 Å². The van der Waals surface area contributed by atoms with Gasteiger partial charge < -0.3 is 15.0 Å². The fraction of sp³-hybridized carbons (Fsp3) is 0.750. The summed E-state index contributed by atoms with van der Waals surface area (Å²) in [7, 11) is 1.70. The molecule has 2 heterocycles. The van der Waals surface area contributed by atoms with E-state index in [9.17, 15) is 0 Å². The molecule has 0 amide bonds. The molecule has 118 valence electrons. The summed E-state index contributed by atoms with van der Waals surface area (Å²) >= 11 is 0. The molecular weight excluding hydrogens is 264 g/mol. The van der Waals surface area contributed by atoms with Crippen LogP contribution in [0.4, 0.5) is 11.6 Å². The van der Waals surface area contributed by atoms with Gasteiger partial charge in [0.2, 0.25) is 5.75 Å². The lowest BCUT2D eigenvalue weighted by atomic mass is 9.85. The van der Waals surface area contributed by atoms with Gasteiger partial charge in [0.1, 0.15) is 6.33 Å². The average Bonchev–Trinajstić information content (AvgIpc) is 2.65. The standard InChI is InChI=1S/C16H28N4O/c1-5-9-17-14-13(21-4)15(19-12-18-14)20-10-6-7-16(2,3)8-11-20/h12H,5-11H2,1-4H3,(H,17,18,19). The number of nitrogens with one attached hydrogen (secondary N) is 1. The predicted molar refractivity (Wildman–Crippen MR) is 87.2 cm³/mol.